The van der Waals surface area contributed by atoms with Gasteiger partial charge in [0.25, 0.3) is 0 Å². The van der Waals surface area contributed by atoms with Gasteiger partial charge in [0.15, 0.2) is 0 Å². The number of amides is 1. The Kier molecular flexibility index (Phi) is 2.63. The third kappa shape index (κ3) is 2.62. The Bertz CT molecular complexity index is 248. The number of rotatable bonds is 1. The van der Waals surface area contributed by atoms with Crippen LogP contribution in [-0.4, -0.2) is 30.3 Å². The molecule has 1 aliphatic heterocycles. The maximum atomic E-state index is 11.5. The highest BCUT2D eigenvalue weighted by atomic mass is 16.6. The van der Waals surface area contributed by atoms with Gasteiger partial charge in [0.05, 0.1) is 0 Å². The summed E-state index contributed by atoms with van der Waals surface area (Å²) in [5, 5.41) is 6.30. The van der Waals surface area contributed by atoms with E-state index in [4.69, 9.17) is 4.74 Å². The summed E-state index contributed by atoms with van der Waals surface area (Å²) in [6.07, 6.45) is 1.86. The van der Waals surface area contributed by atoms with Crippen LogP contribution in [-0.2, 0) is 4.74 Å². The minimum atomic E-state index is -0.403. The van der Waals surface area contributed by atoms with Gasteiger partial charge in [-0.25, -0.2) is 4.79 Å². The zero-order chi connectivity index (χ0) is 11.1. The molecule has 0 aromatic rings. The minimum absolute atomic E-state index is 0.284. The van der Waals surface area contributed by atoms with Crippen LogP contribution in [0.1, 0.15) is 33.6 Å². The van der Waals surface area contributed by atoms with Crippen molar-refractivity contribution < 1.29 is 9.53 Å². The molecule has 1 heterocycles. The summed E-state index contributed by atoms with van der Waals surface area (Å²) in [5.41, 5.74) is -0.403. The van der Waals surface area contributed by atoms with Crippen LogP contribution in [0.25, 0.3) is 0 Å². The van der Waals surface area contributed by atoms with E-state index in [9.17, 15) is 4.79 Å². The first kappa shape index (κ1) is 10.7. The molecule has 4 nitrogen and oxygen atoms in total. The zero-order valence-electron chi connectivity index (χ0n) is 9.67. The lowest BCUT2D eigenvalue weighted by molar-refractivity contribution is 0.0505. The average molecular weight is 212 g/mol. The van der Waals surface area contributed by atoms with Crippen LogP contribution in [0, 0.1) is 5.92 Å². The summed E-state index contributed by atoms with van der Waals surface area (Å²) >= 11 is 0. The number of fused-ring (bicyclic) bond motifs is 1. The maximum absolute atomic E-state index is 11.5. The smallest absolute Gasteiger partial charge is 0.407 e. The summed E-state index contributed by atoms with van der Waals surface area (Å²) in [4.78, 5) is 11.5. The molecule has 2 N–H and O–H groups in total. The summed E-state index contributed by atoms with van der Waals surface area (Å²) in [7, 11) is 0. The van der Waals surface area contributed by atoms with E-state index in [-0.39, 0.29) is 6.09 Å². The largest absolute Gasteiger partial charge is 0.444 e. The van der Waals surface area contributed by atoms with Crippen molar-refractivity contribution in [3.05, 3.63) is 0 Å². The van der Waals surface area contributed by atoms with E-state index in [2.05, 4.69) is 10.6 Å². The summed E-state index contributed by atoms with van der Waals surface area (Å²) in [5.74, 6) is 0.768. The van der Waals surface area contributed by atoms with Crippen molar-refractivity contribution in [3.8, 4) is 0 Å². The highest BCUT2D eigenvalue weighted by Gasteiger charge is 2.40. The van der Waals surface area contributed by atoms with Gasteiger partial charge in [-0.15, -0.1) is 0 Å². The van der Waals surface area contributed by atoms with Gasteiger partial charge in [0.2, 0.25) is 0 Å². The Balaban J connectivity index is 1.75. The molecule has 0 aromatic heterocycles. The van der Waals surface area contributed by atoms with Crippen molar-refractivity contribution in [3.63, 3.8) is 0 Å². The van der Waals surface area contributed by atoms with Crippen molar-refractivity contribution in [2.24, 2.45) is 5.92 Å². The first-order valence-electron chi connectivity index (χ1n) is 5.67. The van der Waals surface area contributed by atoms with E-state index in [1.807, 2.05) is 20.8 Å². The predicted octanol–water partition coefficient (Wildman–Crippen LogP) is 1.26. The molecule has 86 valence electrons. The van der Waals surface area contributed by atoms with Gasteiger partial charge in [-0.05, 0) is 46.1 Å². The first-order chi connectivity index (χ1) is 6.94. The van der Waals surface area contributed by atoms with Gasteiger partial charge < -0.3 is 15.4 Å². The van der Waals surface area contributed by atoms with Gasteiger partial charge in [-0.3, -0.25) is 0 Å². The monoisotopic (exact) mass is 212 g/mol. The third-order valence-corrected chi connectivity index (χ3v) is 3.06. The molecule has 1 saturated carbocycles. The minimum Gasteiger partial charge on any atom is -0.444 e. The number of carbonyl (C=O) groups excluding carboxylic acids is 1. The van der Waals surface area contributed by atoms with Crippen molar-refractivity contribution in [2.75, 3.05) is 6.54 Å². The highest BCUT2D eigenvalue weighted by molar-refractivity contribution is 5.68. The molecule has 4 heteroatoms. The Morgan fingerprint density at radius 1 is 1.40 bits per heavy atom. The van der Waals surface area contributed by atoms with Crippen LogP contribution >= 0.6 is 0 Å². The zero-order valence-corrected chi connectivity index (χ0v) is 9.67. The van der Waals surface area contributed by atoms with Gasteiger partial charge in [0, 0.05) is 12.1 Å². The molecule has 2 aliphatic rings. The van der Waals surface area contributed by atoms with Gasteiger partial charge >= 0.3 is 6.09 Å². The predicted molar refractivity (Wildman–Crippen MR) is 57.7 cm³/mol. The maximum Gasteiger partial charge on any atom is 0.407 e. The van der Waals surface area contributed by atoms with Gasteiger partial charge in [-0.2, -0.15) is 0 Å². The van der Waals surface area contributed by atoms with Crippen molar-refractivity contribution in [2.45, 2.75) is 51.3 Å². The molecular weight excluding hydrogens is 192 g/mol. The number of hydrogen-bond donors (Lipinski definition) is 2. The fourth-order valence-electron chi connectivity index (χ4n) is 2.33. The first-order valence-corrected chi connectivity index (χ1v) is 5.67. The second-order valence-electron chi connectivity index (χ2n) is 5.59. The summed E-state index contributed by atoms with van der Waals surface area (Å²) in [6.45, 7) is 6.75. The lowest BCUT2D eigenvalue weighted by Gasteiger charge is -2.31. The van der Waals surface area contributed by atoms with Crippen molar-refractivity contribution >= 4 is 6.09 Å². The van der Waals surface area contributed by atoms with Crippen LogP contribution in [0.2, 0.25) is 0 Å². The van der Waals surface area contributed by atoms with E-state index >= 15 is 0 Å². The van der Waals surface area contributed by atoms with Gasteiger partial charge in [-0.1, -0.05) is 0 Å². The molecule has 2 rings (SSSR count). The number of hydrogen-bond acceptors (Lipinski definition) is 3. The normalized spacial score (nSPS) is 34.2. The van der Waals surface area contributed by atoms with Crippen LogP contribution < -0.4 is 10.6 Å². The van der Waals surface area contributed by atoms with E-state index in [1.165, 1.54) is 0 Å². The topological polar surface area (TPSA) is 50.4 Å². The molecule has 0 aromatic carbocycles. The fraction of sp³-hybridized carbons (Fsp3) is 0.909. The number of carbonyl (C=O) groups is 1. The van der Waals surface area contributed by atoms with E-state index in [1.54, 1.807) is 0 Å². The Morgan fingerprint density at radius 3 is 2.53 bits per heavy atom. The van der Waals surface area contributed by atoms with Crippen LogP contribution in [0.4, 0.5) is 4.79 Å². The van der Waals surface area contributed by atoms with E-state index in [0.717, 1.165) is 25.3 Å². The molecule has 15 heavy (non-hydrogen) atoms. The number of alkyl carbamates (subject to hydrolysis) is 1. The molecule has 1 unspecified atom stereocenters. The number of nitrogens with one attached hydrogen (secondary N) is 2. The van der Waals surface area contributed by atoms with Gasteiger partial charge in [0.1, 0.15) is 5.60 Å². The Hall–Kier alpha value is -0.770. The Morgan fingerprint density at radius 2 is 2.13 bits per heavy atom. The van der Waals surface area contributed by atoms with Crippen molar-refractivity contribution in [1.82, 2.24) is 10.6 Å². The molecule has 1 aliphatic carbocycles. The molecule has 1 saturated heterocycles. The molecule has 2 fully saturated rings. The second kappa shape index (κ2) is 3.67. The molecule has 0 spiro atoms. The fourth-order valence-corrected chi connectivity index (χ4v) is 2.33. The molecule has 3 atom stereocenters. The molecular formula is C11H20N2O2. The van der Waals surface area contributed by atoms with E-state index < -0.39 is 5.60 Å². The Labute approximate surface area is 90.8 Å². The highest BCUT2D eigenvalue weighted by Crippen LogP contribution is 2.31. The summed E-state index contributed by atoms with van der Waals surface area (Å²) < 4.78 is 5.22. The van der Waals surface area contributed by atoms with Crippen LogP contribution in [0.5, 0.6) is 0 Å². The quantitative estimate of drug-likeness (QED) is 0.688. The summed E-state index contributed by atoms with van der Waals surface area (Å²) in [6, 6.07) is 0.926. The van der Waals surface area contributed by atoms with E-state index in [0.29, 0.717) is 12.1 Å². The van der Waals surface area contributed by atoms with Crippen LogP contribution in [0.15, 0.2) is 0 Å². The standard InChI is InChI=1S/C11H20N2O2/c1-11(2,3)15-10(14)13-8-4-7-6-12-9(7)5-8/h7-9,12H,4-6H2,1-3H3,(H,13,14)/t7?,8-,9+/m1/s1. The third-order valence-electron chi connectivity index (χ3n) is 3.06. The SMILES string of the molecule is CC(C)(C)OC(=O)N[C@@H]1CC2CN[C@H]2C1. The van der Waals surface area contributed by atoms with Crippen LogP contribution in [0.3, 0.4) is 0 Å². The lowest BCUT2D eigenvalue weighted by atomic mass is 9.96. The number of ether oxygens (including phenoxy) is 1. The average Bonchev–Trinajstić information content (AvgIpc) is 2.26. The van der Waals surface area contributed by atoms with Crippen molar-refractivity contribution in [1.29, 1.82) is 0 Å². The molecule has 1 amide bonds. The molecule has 0 radical (unpaired) electrons. The lowest BCUT2D eigenvalue weighted by Crippen LogP contribution is -2.49. The molecule has 0 bridgehead atoms. The second-order valence-corrected chi connectivity index (χ2v) is 5.59.